The van der Waals surface area contributed by atoms with Crippen LogP contribution in [0.1, 0.15) is 74.2 Å². The molecule has 1 aromatic carbocycles. The Balaban J connectivity index is 1.99. The Kier molecular flexibility index (Phi) is 7.67. The lowest BCUT2D eigenvalue weighted by atomic mass is 9.87. The van der Waals surface area contributed by atoms with E-state index in [9.17, 15) is 9.59 Å². The fourth-order valence-electron chi connectivity index (χ4n) is 4.54. The highest BCUT2D eigenvalue weighted by Gasteiger charge is 2.40. The number of thiophene rings is 1. The summed E-state index contributed by atoms with van der Waals surface area (Å²) in [6, 6.07) is 8.43. The number of hydrogen-bond donors (Lipinski definition) is 1. The Morgan fingerprint density at radius 1 is 1.25 bits per heavy atom. The van der Waals surface area contributed by atoms with Crippen molar-refractivity contribution in [3.05, 3.63) is 63.0 Å². The molecular weight excluding hydrogens is 488 g/mol. The molecule has 1 aliphatic rings. The first kappa shape index (κ1) is 26.5. The van der Waals surface area contributed by atoms with Crippen molar-refractivity contribution in [2.75, 3.05) is 17.2 Å². The molecule has 3 aromatic rings. The quantitative estimate of drug-likeness (QED) is 0.434. The predicted molar refractivity (Wildman–Crippen MR) is 151 cm³/mol. The van der Waals surface area contributed by atoms with Crippen LogP contribution in [-0.2, 0) is 15.0 Å². The number of nitrogens with one attached hydrogen (secondary N) is 1. The summed E-state index contributed by atoms with van der Waals surface area (Å²) < 4.78 is 1.91. The summed E-state index contributed by atoms with van der Waals surface area (Å²) in [5.74, 6) is 0.762. The molecule has 192 valence electrons. The van der Waals surface area contributed by atoms with Crippen molar-refractivity contribution in [2.24, 2.45) is 0 Å². The lowest BCUT2D eigenvalue weighted by molar-refractivity contribution is -0.123. The van der Waals surface area contributed by atoms with Crippen LogP contribution in [-0.4, -0.2) is 39.9 Å². The second-order valence-corrected chi connectivity index (χ2v) is 12.5. The van der Waals surface area contributed by atoms with Gasteiger partial charge in [-0.1, -0.05) is 45.4 Å². The van der Waals surface area contributed by atoms with Crippen LogP contribution in [0.15, 0.2) is 35.0 Å². The van der Waals surface area contributed by atoms with E-state index in [1.165, 1.54) is 0 Å². The third-order valence-corrected chi connectivity index (χ3v) is 8.50. The SMILES string of the molecule is CC[C@@H](C)NC(=O)CN1C(=O)CS[C@H](c2ccsc2)c2c(C(C)(C)C)nn(-c3ccc(C)cc3C)c21. The third kappa shape index (κ3) is 5.25. The maximum Gasteiger partial charge on any atom is 0.240 e. The smallest absolute Gasteiger partial charge is 0.240 e. The van der Waals surface area contributed by atoms with Crippen LogP contribution >= 0.6 is 23.1 Å². The number of aromatic nitrogens is 2. The average Bonchev–Trinajstić information content (AvgIpc) is 3.44. The average molecular weight is 525 g/mol. The van der Waals surface area contributed by atoms with Crippen molar-refractivity contribution in [1.29, 1.82) is 0 Å². The first-order chi connectivity index (χ1) is 17.0. The zero-order valence-electron chi connectivity index (χ0n) is 22.2. The number of anilines is 1. The molecular formula is C28H36N4O2S2. The minimum Gasteiger partial charge on any atom is -0.352 e. The minimum atomic E-state index is -0.263. The number of carbonyl (C=O) groups excluding carboxylic acids is 2. The lowest BCUT2D eigenvalue weighted by Gasteiger charge is -2.25. The molecule has 0 radical (unpaired) electrons. The van der Waals surface area contributed by atoms with E-state index in [4.69, 9.17) is 5.10 Å². The van der Waals surface area contributed by atoms with Gasteiger partial charge in [-0.05, 0) is 61.2 Å². The first-order valence-electron chi connectivity index (χ1n) is 12.5. The minimum absolute atomic E-state index is 0.0344. The number of benzene rings is 1. The van der Waals surface area contributed by atoms with Gasteiger partial charge < -0.3 is 5.32 Å². The summed E-state index contributed by atoms with van der Waals surface area (Å²) in [6.07, 6.45) is 0.829. The number of rotatable bonds is 6. The maximum absolute atomic E-state index is 13.7. The molecule has 36 heavy (non-hydrogen) atoms. The highest BCUT2D eigenvalue weighted by Crippen LogP contribution is 2.48. The van der Waals surface area contributed by atoms with Crippen LogP contribution in [0.5, 0.6) is 0 Å². The summed E-state index contributed by atoms with van der Waals surface area (Å²) in [5, 5.41) is 12.4. The molecule has 0 unspecified atom stereocenters. The summed E-state index contributed by atoms with van der Waals surface area (Å²) >= 11 is 3.27. The summed E-state index contributed by atoms with van der Waals surface area (Å²) in [4.78, 5) is 28.4. The van der Waals surface area contributed by atoms with E-state index >= 15 is 0 Å². The third-order valence-electron chi connectivity index (χ3n) is 6.55. The van der Waals surface area contributed by atoms with Crippen LogP contribution in [0.3, 0.4) is 0 Å². The molecule has 0 bridgehead atoms. The molecule has 8 heteroatoms. The molecule has 4 rings (SSSR count). The van der Waals surface area contributed by atoms with Crippen molar-refractivity contribution in [3.63, 3.8) is 0 Å². The largest absolute Gasteiger partial charge is 0.352 e. The second-order valence-electron chi connectivity index (χ2n) is 10.6. The van der Waals surface area contributed by atoms with E-state index in [2.05, 4.69) is 75.0 Å². The van der Waals surface area contributed by atoms with Crippen LogP contribution in [0.25, 0.3) is 5.69 Å². The summed E-state index contributed by atoms with van der Waals surface area (Å²) in [5.41, 5.74) is 6.02. The Bertz CT molecular complexity index is 1260. The Morgan fingerprint density at radius 3 is 2.61 bits per heavy atom. The molecule has 3 heterocycles. The lowest BCUT2D eigenvalue weighted by Crippen LogP contribution is -2.44. The van der Waals surface area contributed by atoms with Gasteiger partial charge in [0.1, 0.15) is 12.4 Å². The van der Waals surface area contributed by atoms with Gasteiger partial charge in [0.2, 0.25) is 11.8 Å². The maximum atomic E-state index is 13.7. The van der Waals surface area contributed by atoms with Gasteiger partial charge in [0.15, 0.2) is 0 Å². The fourth-order valence-corrected chi connectivity index (χ4v) is 6.50. The summed E-state index contributed by atoms with van der Waals surface area (Å²) in [6.45, 7) is 14.6. The molecule has 0 fully saturated rings. The highest BCUT2D eigenvalue weighted by molar-refractivity contribution is 8.00. The van der Waals surface area contributed by atoms with Gasteiger partial charge in [0.05, 0.1) is 22.4 Å². The molecule has 2 amide bonds. The molecule has 0 saturated carbocycles. The van der Waals surface area contributed by atoms with Gasteiger partial charge in [-0.2, -0.15) is 16.4 Å². The predicted octanol–water partition coefficient (Wildman–Crippen LogP) is 5.93. The zero-order chi connectivity index (χ0) is 26.2. The van der Waals surface area contributed by atoms with Crippen molar-refractivity contribution in [1.82, 2.24) is 15.1 Å². The fraction of sp³-hybridized carbons (Fsp3) is 0.464. The van der Waals surface area contributed by atoms with Crippen LogP contribution < -0.4 is 10.2 Å². The molecule has 0 aliphatic carbocycles. The normalized spacial score (nSPS) is 17.0. The number of hydrogen-bond acceptors (Lipinski definition) is 5. The van der Waals surface area contributed by atoms with Gasteiger partial charge in [-0.3, -0.25) is 14.5 Å². The van der Waals surface area contributed by atoms with E-state index < -0.39 is 0 Å². The van der Waals surface area contributed by atoms with Crippen molar-refractivity contribution < 1.29 is 9.59 Å². The topological polar surface area (TPSA) is 67.2 Å². The Morgan fingerprint density at radius 2 is 2.00 bits per heavy atom. The van der Waals surface area contributed by atoms with Crippen LogP contribution in [0.2, 0.25) is 0 Å². The number of carbonyl (C=O) groups is 2. The molecule has 0 spiro atoms. The Labute approximate surface area is 222 Å². The van der Waals surface area contributed by atoms with E-state index in [0.717, 1.165) is 40.1 Å². The number of thioether (sulfide) groups is 1. The standard InChI is InChI=1S/C28H36N4O2S2/c1-8-19(4)29-22(33)14-31-23(34)16-36-25(20-11-12-35-15-20)24-26(28(5,6)7)30-32(27(24)31)21-10-9-17(2)13-18(21)3/h9-13,15,19,25H,8,14,16H2,1-7H3,(H,29,33)/t19-,25-/m1/s1. The van der Waals surface area contributed by atoms with Crippen LogP contribution in [0.4, 0.5) is 5.82 Å². The van der Waals surface area contributed by atoms with Gasteiger partial charge in [0, 0.05) is 17.0 Å². The zero-order valence-corrected chi connectivity index (χ0v) is 23.8. The van der Waals surface area contributed by atoms with Gasteiger partial charge in [0.25, 0.3) is 0 Å². The molecule has 1 N–H and O–H groups in total. The van der Waals surface area contributed by atoms with Gasteiger partial charge in [-0.25, -0.2) is 4.68 Å². The second kappa shape index (κ2) is 10.4. The number of fused-ring (bicyclic) bond motifs is 1. The van der Waals surface area contributed by atoms with Crippen molar-refractivity contribution >= 4 is 40.7 Å². The van der Waals surface area contributed by atoms with Gasteiger partial charge >= 0.3 is 0 Å². The highest BCUT2D eigenvalue weighted by atomic mass is 32.2. The molecule has 6 nitrogen and oxygen atoms in total. The number of aryl methyl sites for hydroxylation is 2. The van der Waals surface area contributed by atoms with E-state index in [1.807, 2.05) is 18.5 Å². The van der Waals surface area contributed by atoms with E-state index in [-0.39, 0.29) is 35.1 Å². The monoisotopic (exact) mass is 524 g/mol. The van der Waals surface area contributed by atoms with E-state index in [0.29, 0.717) is 11.6 Å². The van der Waals surface area contributed by atoms with Crippen molar-refractivity contribution in [2.45, 2.75) is 71.6 Å². The molecule has 2 atom stereocenters. The summed E-state index contributed by atoms with van der Waals surface area (Å²) in [7, 11) is 0. The molecule has 2 aromatic heterocycles. The van der Waals surface area contributed by atoms with E-state index in [1.54, 1.807) is 28.0 Å². The van der Waals surface area contributed by atoms with Crippen LogP contribution in [0, 0.1) is 13.8 Å². The Hall–Kier alpha value is -2.58. The first-order valence-corrected chi connectivity index (χ1v) is 14.4. The molecule has 1 aliphatic heterocycles. The number of amides is 2. The number of nitrogens with zero attached hydrogens (tertiary/aromatic N) is 3. The van der Waals surface area contributed by atoms with Crippen molar-refractivity contribution in [3.8, 4) is 5.69 Å². The molecule has 0 saturated heterocycles. The van der Waals surface area contributed by atoms with Gasteiger partial charge in [-0.15, -0.1) is 11.8 Å².